The van der Waals surface area contributed by atoms with Gasteiger partial charge in [-0.15, -0.1) is 0 Å². The molecule has 0 aliphatic rings. The molecule has 2 nitrogen and oxygen atoms in total. The van der Waals surface area contributed by atoms with Crippen molar-refractivity contribution in [3.63, 3.8) is 0 Å². The fraction of sp³-hybridized carbons (Fsp3) is 0.647. The van der Waals surface area contributed by atoms with Crippen molar-refractivity contribution in [2.45, 2.75) is 40.2 Å². The van der Waals surface area contributed by atoms with Crippen LogP contribution in [0.2, 0.25) is 0 Å². The lowest BCUT2D eigenvalue weighted by Gasteiger charge is -2.22. The lowest BCUT2D eigenvalue weighted by molar-refractivity contribution is 0.278. The Morgan fingerprint density at radius 1 is 1.26 bits per heavy atom. The molecule has 0 aliphatic heterocycles. The Kier molecular flexibility index (Phi) is 7.11. The number of benzene rings is 1. The van der Waals surface area contributed by atoms with E-state index in [-0.39, 0.29) is 0 Å². The molecule has 1 unspecified atom stereocenters. The van der Waals surface area contributed by atoms with Crippen LogP contribution in [0.25, 0.3) is 0 Å². The topological polar surface area (TPSA) is 29.3 Å². The molecular formula is C17H30N2. The summed E-state index contributed by atoms with van der Waals surface area (Å²) >= 11 is 0. The lowest BCUT2D eigenvalue weighted by atomic mass is 9.94. The third-order valence-electron chi connectivity index (χ3n) is 3.59. The molecular weight excluding hydrogens is 232 g/mol. The highest BCUT2D eigenvalue weighted by Crippen LogP contribution is 2.15. The van der Waals surface area contributed by atoms with Crippen molar-refractivity contribution < 1.29 is 0 Å². The van der Waals surface area contributed by atoms with Crippen LogP contribution in [0, 0.1) is 18.8 Å². The van der Waals surface area contributed by atoms with Gasteiger partial charge in [-0.25, -0.2) is 0 Å². The van der Waals surface area contributed by atoms with Crippen molar-refractivity contribution in [2.24, 2.45) is 17.6 Å². The zero-order valence-corrected chi connectivity index (χ0v) is 13.0. The second kappa shape index (κ2) is 8.34. The number of nitrogens with two attached hydrogens (primary N) is 1. The molecule has 108 valence electrons. The van der Waals surface area contributed by atoms with E-state index in [9.17, 15) is 0 Å². The Morgan fingerprint density at radius 2 is 2.00 bits per heavy atom. The van der Waals surface area contributed by atoms with Gasteiger partial charge in [0.15, 0.2) is 0 Å². The van der Waals surface area contributed by atoms with Crippen molar-refractivity contribution in [1.82, 2.24) is 4.90 Å². The Balaban J connectivity index is 2.36. The second-order valence-electron chi connectivity index (χ2n) is 6.25. The molecule has 2 N–H and O–H groups in total. The van der Waals surface area contributed by atoms with Gasteiger partial charge in [-0.1, -0.05) is 43.7 Å². The summed E-state index contributed by atoms with van der Waals surface area (Å²) in [4.78, 5) is 2.40. The molecule has 0 saturated heterocycles. The van der Waals surface area contributed by atoms with Crippen LogP contribution in [0.4, 0.5) is 0 Å². The van der Waals surface area contributed by atoms with Crippen LogP contribution < -0.4 is 5.73 Å². The minimum Gasteiger partial charge on any atom is -0.330 e. The van der Waals surface area contributed by atoms with Gasteiger partial charge in [0.1, 0.15) is 0 Å². The number of hydrogen-bond acceptors (Lipinski definition) is 2. The summed E-state index contributed by atoms with van der Waals surface area (Å²) in [5, 5.41) is 0. The van der Waals surface area contributed by atoms with Gasteiger partial charge in [-0.05, 0) is 57.3 Å². The predicted molar refractivity (Wildman–Crippen MR) is 84.1 cm³/mol. The van der Waals surface area contributed by atoms with E-state index in [1.165, 1.54) is 24.0 Å². The molecule has 1 aromatic rings. The van der Waals surface area contributed by atoms with E-state index >= 15 is 0 Å². The van der Waals surface area contributed by atoms with Crippen molar-refractivity contribution in [1.29, 1.82) is 0 Å². The Hall–Kier alpha value is -0.860. The van der Waals surface area contributed by atoms with E-state index in [0.717, 1.165) is 25.6 Å². The quantitative estimate of drug-likeness (QED) is 0.777. The van der Waals surface area contributed by atoms with Crippen LogP contribution in [0.1, 0.15) is 37.8 Å². The summed E-state index contributed by atoms with van der Waals surface area (Å²) < 4.78 is 0. The van der Waals surface area contributed by atoms with E-state index in [2.05, 4.69) is 57.0 Å². The molecule has 0 bridgehead atoms. The summed E-state index contributed by atoms with van der Waals surface area (Å²) in [5.74, 6) is 1.41. The van der Waals surface area contributed by atoms with Crippen LogP contribution in [0.3, 0.4) is 0 Å². The number of hydrogen-bond donors (Lipinski definition) is 1. The first-order chi connectivity index (χ1) is 9.01. The standard InChI is InChI=1S/C17H30N2/c1-14(2)10-16(12-18)8-9-19(4)13-17-7-5-6-15(3)11-17/h5-7,11,14,16H,8-10,12-13,18H2,1-4H3. The Labute approximate surface area is 119 Å². The molecule has 0 aromatic heterocycles. The highest BCUT2D eigenvalue weighted by Gasteiger charge is 2.10. The van der Waals surface area contributed by atoms with Gasteiger partial charge in [0.25, 0.3) is 0 Å². The van der Waals surface area contributed by atoms with Gasteiger partial charge in [0.2, 0.25) is 0 Å². The van der Waals surface area contributed by atoms with Crippen LogP contribution in [0.5, 0.6) is 0 Å². The van der Waals surface area contributed by atoms with E-state index in [0.29, 0.717) is 5.92 Å². The monoisotopic (exact) mass is 262 g/mol. The first kappa shape index (κ1) is 16.2. The van der Waals surface area contributed by atoms with E-state index in [1.54, 1.807) is 0 Å². The first-order valence-electron chi connectivity index (χ1n) is 7.45. The summed E-state index contributed by atoms with van der Waals surface area (Å²) in [5.41, 5.74) is 8.60. The van der Waals surface area contributed by atoms with Gasteiger partial charge in [0.05, 0.1) is 0 Å². The lowest BCUT2D eigenvalue weighted by Crippen LogP contribution is -2.25. The van der Waals surface area contributed by atoms with Crippen molar-refractivity contribution in [3.8, 4) is 0 Å². The maximum atomic E-state index is 5.86. The minimum absolute atomic E-state index is 0.667. The van der Waals surface area contributed by atoms with Crippen LogP contribution in [0.15, 0.2) is 24.3 Å². The first-order valence-corrected chi connectivity index (χ1v) is 7.45. The molecule has 1 aromatic carbocycles. The van der Waals surface area contributed by atoms with Crippen LogP contribution >= 0.6 is 0 Å². The Morgan fingerprint density at radius 3 is 2.58 bits per heavy atom. The molecule has 1 rings (SSSR count). The van der Waals surface area contributed by atoms with Crippen LogP contribution in [-0.4, -0.2) is 25.0 Å². The average Bonchev–Trinajstić information content (AvgIpc) is 2.34. The van der Waals surface area contributed by atoms with Crippen molar-refractivity contribution in [3.05, 3.63) is 35.4 Å². The van der Waals surface area contributed by atoms with E-state index in [1.807, 2.05) is 0 Å². The molecule has 0 saturated carbocycles. The third kappa shape index (κ3) is 6.74. The molecule has 0 radical (unpaired) electrons. The molecule has 0 heterocycles. The Bertz CT molecular complexity index is 360. The SMILES string of the molecule is Cc1cccc(CN(C)CCC(CN)CC(C)C)c1. The van der Waals surface area contributed by atoms with E-state index < -0.39 is 0 Å². The predicted octanol–water partition coefficient (Wildman–Crippen LogP) is 3.44. The number of nitrogens with zero attached hydrogens (tertiary/aromatic N) is 1. The van der Waals surface area contributed by atoms with Crippen molar-refractivity contribution in [2.75, 3.05) is 20.1 Å². The molecule has 0 amide bonds. The largest absolute Gasteiger partial charge is 0.330 e. The summed E-state index contributed by atoms with van der Waals surface area (Å²) in [6, 6.07) is 8.76. The van der Waals surface area contributed by atoms with Gasteiger partial charge in [-0.3, -0.25) is 0 Å². The summed E-state index contributed by atoms with van der Waals surface area (Å²) in [7, 11) is 2.20. The third-order valence-corrected chi connectivity index (χ3v) is 3.59. The maximum absolute atomic E-state index is 5.86. The fourth-order valence-corrected chi connectivity index (χ4v) is 2.60. The highest BCUT2D eigenvalue weighted by atomic mass is 15.1. The van der Waals surface area contributed by atoms with Crippen molar-refractivity contribution >= 4 is 0 Å². The maximum Gasteiger partial charge on any atom is 0.0230 e. The molecule has 19 heavy (non-hydrogen) atoms. The van der Waals surface area contributed by atoms with E-state index in [4.69, 9.17) is 5.73 Å². The van der Waals surface area contributed by atoms with Gasteiger partial charge < -0.3 is 10.6 Å². The smallest absolute Gasteiger partial charge is 0.0230 e. The fourth-order valence-electron chi connectivity index (χ4n) is 2.60. The highest BCUT2D eigenvalue weighted by molar-refractivity contribution is 5.21. The molecule has 0 aliphatic carbocycles. The molecule has 0 fully saturated rings. The molecule has 2 heteroatoms. The van der Waals surface area contributed by atoms with Gasteiger partial charge >= 0.3 is 0 Å². The number of rotatable bonds is 8. The second-order valence-corrected chi connectivity index (χ2v) is 6.25. The molecule has 1 atom stereocenters. The van der Waals surface area contributed by atoms with Gasteiger partial charge in [0, 0.05) is 6.54 Å². The zero-order chi connectivity index (χ0) is 14.3. The van der Waals surface area contributed by atoms with Crippen LogP contribution in [-0.2, 0) is 6.54 Å². The summed E-state index contributed by atoms with van der Waals surface area (Å²) in [6.07, 6.45) is 2.45. The normalized spacial score (nSPS) is 13.2. The zero-order valence-electron chi connectivity index (χ0n) is 13.0. The summed E-state index contributed by atoms with van der Waals surface area (Å²) in [6.45, 7) is 9.68. The number of aryl methyl sites for hydroxylation is 1. The minimum atomic E-state index is 0.667. The van der Waals surface area contributed by atoms with Gasteiger partial charge in [-0.2, -0.15) is 0 Å². The molecule has 0 spiro atoms. The average molecular weight is 262 g/mol.